The molecule has 94 valence electrons. The lowest BCUT2D eigenvalue weighted by Gasteiger charge is -2.27. The highest BCUT2D eigenvalue weighted by atomic mass is 16.3. The van der Waals surface area contributed by atoms with E-state index in [9.17, 15) is 5.11 Å². The van der Waals surface area contributed by atoms with Gasteiger partial charge in [-0.1, -0.05) is 12.1 Å². The molecule has 0 amide bonds. The van der Waals surface area contributed by atoms with Crippen molar-refractivity contribution in [2.45, 2.75) is 6.54 Å². The van der Waals surface area contributed by atoms with Gasteiger partial charge in [0.05, 0.1) is 0 Å². The summed E-state index contributed by atoms with van der Waals surface area (Å²) in [5.41, 5.74) is 1.93. The molecule has 2 aromatic rings. The van der Waals surface area contributed by atoms with Gasteiger partial charge in [-0.2, -0.15) is 0 Å². The molecule has 2 heterocycles. The zero-order valence-electron chi connectivity index (χ0n) is 10.3. The topological polar surface area (TPSA) is 48.4 Å². The standard InChI is InChI=1S/C14H17N3O/c18-13-4-3-11(10-17-8-6-15-7-9-17)12-2-1-5-16-14(12)13/h1-5,15,18H,6-10H2. The average molecular weight is 243 g/mol. The second-order valence-corrected chi connectivity index (χ2v) is 4.67. The molecular formula is C14H17N3O. The average Bonchev–Trinajstić information content (AvgIpc) is 2.44. The number of rotatable bonds is 2. The van der Waals surface area contributed by atoms with Crippen LogP contribution in [0.4, 0.5) is 0 Å². The van der Waals surface area contributed by atoms with E-state index in [0.717, 1.165) is 38.1 Å². The summed E-state index contributed by atoms with van der Waals surface area (Å²) in [4.78, 5) is 6.68. The summed E-state index contributed by atoms with van der Waals surface area (Å²) in [6.45, 7) is 5.16. The van der Waals surface area contributed by atoms with Crippen molar-refractivity contribution in [2.75, 3.05) is 26.2 Å². The first-order valence-electron chi connectivity index (χ1n) is 6.33. The van der Waals surface area contributed by atoms with Crippen LogP contribution in [0.5, 0.6) is 5.75 Å². The smallest absolute Gasteiger partial charge is 0.141 e. The van der Waals surface area contributed by atoms with Crippen LogP contribution in [0.2, 0.25) is 0 Å². The molecule has 1 aliphatic heterocycles. The number of hydrogen-bond donors (Lipinski definition) is 2. The number of fused-ring (bicyclic) bond motifs is 1. The Morgan fingerprint density at radius 3 is 2.89 bits per heavy atom. The minimum Gasteiger partial charge on any atom is -0.506 e. The third-order valence-electron chi connectivity index (χ3n) is 3.44. The predicted octanol–water partition coefficient (Wildman–Crippen LogP) is 1.35. The lowest BCUT2D eigenvalue weighted by Crippen LogP contribution is -2.42. The normalized spacial score (nSPS) is 17.1. The van der Waals surface area contributed by atoms with Gasteiger partial charge in [-0.3, -0.25) is 9.88 Å². The van der Waals surface area contributed by atoms with Crippen molar-refractivity contribution in [2.24, 2.45) is 0 Å². The molecule has 0 unspecified atom stereocenters. The largest absolute Gasteiger partial charge is 0.506 e. The van der Waals surface area contributed by atoms with Gasteiger partial charge < -0.3 is 10.4 Å². The van der Waals surface area contributed by atoms with Crippen molar-refractivity contribution < 1.29 is 5.11 Å². The van der Waals surface area contributed by atoms with Crippen LogP contribution in [0.15, 0.2) is 30.5 Å². The maximum atomic E-state index is 9.82. The minimum atomic E-state index is 0.259. The monoisotopic (exact) mass is 243 g/mol. The van der Waals surface area contributed by atoms with Gasteiger partial charge in [0.25, 0.3) is 0 Å². The third kappa shape index (κ3) is 2.17. The fraction of sp³-hybridized carbons (Fsp3) is 0.357. The van der Waals surface area contributed by atoms with Crippen LogP contribution in [-0.4, -0.2) is 41.2 Å². The highest BCUT2D eigenvalue weighted by molar-refractivity contribution is 5.87. The first-order chi connectivity index (χ1) is 8.84. The van der Waals surface area contributed by atoms with E-state index in [4.69, 9.17) is 0 Å². The molecule has 1 fully saturated rings. The first-order valence-corrected chi connectivity index (χ1v) is 6.33. The number of phenolic OH excluding ortho intramolecular Hbond substituents is 1. The molecule has 0 saturated carbocycles. The van der Waals surface area contributed by atoms with Crippen molar-refractivity contribution in [1.82, 2.24) is 15.2 Å². The maximum absolute atomic E-state index is 9.82. The predicted molar refractivity (Wildman–Crippen MR) is 71.6 cm³/mol. The summed E-state index contributed by atoms with van der Waals surface area (Å²) in [6, 6.07) is 7.69. The van der Waals surface area contributed by atoms with Crippen molar-refractivity contribution >= 4 is 10.9 Å². The Morgan fingerprint density at radius 2 is 2.06 bits per heavy atom. The molecule has 1 aliphatic rings. The summed E-state index contributed by atoms with van der Waals surface area (Å²) >= 11 is 0. The van der Waals surface area contributed by atoms with E-state index in [1.165, 1.54) is 5.56 Å². The van der Waals surface area contributed by atoms with E-state index in [2.05, 4.69) is 15.2 Å². The zero-order chi connectivity index (χ0) is 12.4. The molecule has 0 radical (unpaired) electrons. The van der Waals surface area contributed by atoms with E-state index in [1.54, 1.807) is 12.3 Å². The number of aromatic hydroxyl groups is 1. The first kappa shape index (κ1) is 11.4. The molecule has 1 aromatic heterocycles. The molecule has 2 N–H and O–H groups in total. The molecule has 0 bridgehead atoms. The van der Waals surface area contributed by atoms with E-state index in [0.29, 0.717) is 5.52 Å². The number of benzene rings is 1. The highest BCUT2D eigenvalue weighted by Gasteiger charge is 2.12. The maximum Gasteiger partial charge on any atom is 0.141 e. The van der Waals surface area contributed by atoms with Gasteiger partial charge in [-0.05, 0) is 17.7 Å². The Morgan fingerprint density at radius 1 is 1.22 bits per heavy atom. The molecule has 0 atom stereocenters. The Kier molecular flexibility index (Phi) is 3.13. The fourth-order valence-electron chi connectivity index (χ4n) is 2.46. The number of pyridine rings is 1. The number of aromatic nitrogens is 1. The quantitative estimate of drug-likeness (QED) is 0.836. The van der Waals surface area contributed by atoms with Gasteiger partial charge in [0, 0.05) is 44.3 Å². The third-order valence-corrected chi connectivity index (χ3v) is 3.44. The molecule has 4 heteroatoms. The van der Waals surface area contributed by atoms with E-state index in [-0.39, 0.29) is 5.75 Å². The van der Waals surface area contributed by atoms with E-state index in [1.807, 2.05) is 18.2 Å². The van der Waals surface area contributed by atoms with E-state index < -0.39 is 0 Å². The summed E-state index contributed by atoms with van der Waals surface area (Å²) in [7, 11) is 0. The van der Waals surface area contributed by atoms with Crippen LogP contribution in [0.25, 0.3) is 10.9 Å². The summed E-state index contributed by atoms with van der Waals surface area (Å²) in [6.07, 6.45) is 1.72. The van der Waals surface area contributed by atoms with Crippen LogP contribution < -0.4 is 5.32 Å². The lowest BCUT2D eigenvalue weighted by atomic mass is 10.1. The van der Waals surface area contributed by atoms with Crippen LogP contribution >= 0.6 is 0 Å². The van der Waals surface area contributed by atoms with Crippen LogP contribution in [-0.2, 0) is 6.54 Å². The molecule has 4 nitrogen and oxygen atoms in total. The molecule has 1 aromatic carbocycles. The number of nitrogens with zero attached hydrogens (tertiary/aromatic N) is 2. The molecule has 0 spiro atoms. The molecule has 0 aliphatic carbocycles. The lowest BCUT2D eigenvalue weighted by molar-refractivity contribution is 0.234. The van der Waals surface area contributed by atoms with Gasteiger partial charge in [-0.25, -0.2) is 0 Å². The zero-order valence-corrected chi connectivity index (χ0v) is 10.3. The van der Waals surface area contributed by atoms with Crippen molar-refractivity contribution in [3.8, 4) is 5.75 Å². The van der Waals surface area contributed by atoms with Gasteiger partial charge in [0.15, 0.2) is 0 Å². The van der Waals surface area contributed by atoms with Crippen LogP contribution in [0.3, 0.4) is 0 Å². The second-order valence-electron chi connectivity index (χ2n) is 4.67. The molecule has 3 rings (SSSR count). The van der Waals surface area contributed by atoms with Gasteiger partial charge in [-0.15, -0.1) is 0 Å². The second kappa shape index (κ2) is 4.92. The van der Waals surface area contributed by atoms with Crippen molar-refractivity contribution in [3.05, 3.63) is 36.0 Å². The number of piperazine rings is 1. The Balaban J connectivity index is 1.94. The SMILES string of the molecule is Oc1ccc(CN2CCNCC2)c2cccnc12. The summed E-state index contributed by atoms with van der Waals surface area (Å²) in [5, 5.41) is 14.2. The van der Waals surface area contributed by atoms with Crippen LogP contribution in [0.1, 0.15) is 5.56 Å². The van der Waals surface area contributed by atoms with Gasteiger partial charge >= 0.3 is 0 Å². The minimum absolute atomic E-state index is 0.259. The fourth-order valence-corrected chi connectivity index (χ4v) is 2.46. The molecule has 1 saturated heterocycles. The van der Waals surface area contributed by atoms with Gasteiger partial charge in [0.2, 0.25) is 0 Å². The molecular weight excluding hydrogens is 226 g/mol. The number of hydrogen-bond acceptors (Lipinski definition) is 4. The number of phenols is 1. The summed E-state index contributed by atoms with van der Waals surface area (Å²) < 4.78 is 0. The molecule has 18 heavy (non-hydrogen) atoms. The Bertz CT molecular complexity index is 550. The van der Waals surface area contributed by atoms with Gasteiger partial charge in [0.1, 0.15) is 11.3 Å². The van der Waals surface area contributed by atoms with Crippen molar-refractivity contribution in [3.63, 3.8) is 0 Å². The van der Waals surface area contributed by atoms with E-state index >= 15 is 0 Å². The number of nitrogens with one attached hydrogen (secondary N) is 1. The Labute approximate surface area is 106 Å². The Hall–Kier alpha value is -1.65. The van der Waals surface area contributed by atoms with Crippen molar-refractivity contribution in [1.29, 1.82) is 0 Å². The summed E-state index contributed by atoms with van der Waals surface area (Å²) in [5.74, 6) is 0.259. The highest BCUT2D eigenvalue weighted by Crippen LogP contribution is 2.26. The van der Waals surface area contributed by atoms with Crippen LogP contribution in [0, 0.1) is 0 Å².